The first kappa shape index (κ1) is 29.4. The van der Waals surface area contributed by atoms with Crippen LogP contribution >= 0.6 is 23.4 Å². The maximum atomic E-state index is 13.3. The molecule has 1 saturated carbocycles. The van der Waals surface area contributed by atoms with Crippen LogP contribution in [-0.4, -0.2) is 59.4 Å². The number of likely N-dealkylation sites (tertiary alicyclic amines) is 1. The van der Waals surface area contributed by atoms with E-state index in [9.17, 15) is 14.4 Å². The number of nitrogens with zero attached hydrogens (tertiary/aromatic N) is 1. The van der Waals surface area contributed by atoms with E-state index in [0.29, 0.717) is 45.7 Å². The summed E-state index contributed by atoms with van der Waals surface area (Å²) in [6.45, 7) is 8.60. The van der Waals surface area contributed by atoms with Crippen LogP contribution in [0.5, 0.6) is 11.5 Å². The highest BCUT2D eigenvalue weighted by atomic mass is 35.5. The van der Waals surface area contributed by atoms with Crippen LogP contribution < -0.4 is 25.7 Å². The zero-order valence-electron chi connectivity index (χ0n) is 24.7. The first-order chi connectivity index (χ1) is 20.0. The number of fused-ring (bicyclic) bond motifs is 1. The molecule has 0 radical (unpaired) electrons. The summed E-state index contributed by atoms with van der Waals surface area (Å²) < 4.78 is 12.9. The molecular weight excluding hydrogens is 576 g/mol. The highest BCUT2D eigenvalue weighted by Crippen LogP contribution is 2.52. The molecule has 4 heterocycles. The van der Waals surface area contributed by atoms with E-state index in [1.54, 1.807) is 6.07 Å². The van der Waals surface area contributed by atoms with Crippen molar-refractivity contribution in [2.75, 3.05) is 25.9 Å². The van der Waals surface area contributed by atoms with Crippen LogP contribution in [0.4, 0.5) is 0 Å². The number of carbonyl (C=O) groups excluding carboxylic acids is 2. The minimum absolute atomic E-state index is 0.0992. The van der Waals surface area contributed by atoms with Crippen molar-refractivity contribution in [2.24, 2.45) is 11.3 Å². The molecule has 2 aromatic rings. The van der Waals surface area contributed by atoms with Gasteiger partial charge in [0.15, 0.2) is 11.5 Å². The number of aryl methyl sites for hydroxylation is 1. The highest BCUT2D eigenvalue weighted by molar-refractivity contribution is 7.98. The fraction of sp³-hybridized carbons (Fsp3) is 0.581. The molecule has 1 aliphatic carbocycles. The van der Waals surface area contributed by atoms with Gasteiger partial charge in [0, 0.05) is 77.6 Å². The van der Waals surface area contributed by atoms with Gasteiger partial charge in [0.2, 0.25) is 5.91 Å². The summed E-state index contributed by atoms with van der Waals surface area (Å²) in [5.41, 5.74) is 2.26. The molecule has 9 nitrogen and oxygen atoms in total. The Labute approximate surface area is 255 Å². The SMILES string of the molecule is CSc1cc(C)[nH]c(=O)c1CNC(=O)c1cc(Cl)c2c(c1C)O[C@@](C)([C@H]1CC[C@H](N3CCC4(CNC(=O)C4)C3)CC1)O2. The number of thioether (sulfide) groups is 1. The molecule has 3 aliphatic heterocycles. The van der Waals surface area contributed by atoms with Gasteiger partial charge >= 0.3 is 0 Å². The Hall–Kier alpha value is -2.69. The Kier molecular flexibility index (Phi) is 7.77. The number of H-pyrrole nitrogens is 1. The average Bonchev–Trinajstić information content (AvgIpc) is 3.67. The van der Waals surface area contributed by atoms with Gasteiger partial charge in [0.05, 0.1) is 5.02 Å². The number of ether oxygens (including phenoxy) is 2. The van der Waals surface area contributed by atoms with Crippen molar-refractivity contribution in [3.05, 3.63) is 49.9 Å². The number of amides is 2. The largest absolute Gasteiger partial charge is 0.448 e. The Morgan fingerprint density at radius 2 is 1.90 bits per heavy atom. The van der Waals surface area contributed by atoms with Crippen molar-refractivity contribution in [3.8, 4) is 11.5 Å². The van der Waals surface area contributed by atoms with Crippen molar-refractivity contribution < 1.29 is 19.1 Å². The quantitative estimate of drug-likeness (QED) is 0.409. The molecule has 1 aromatic heterocycles. The summed E-state index contributed by atoms with van der Waals surface area (Å²) in [6.07, 6.45) is 7.67. The fourth-order valence-electron chi connectivity index (χ4n) is 7.33. The highest BCUT2D eigenvalue weighted by Gasteiger charge is 2.50. The van der Waals surface area contributed by atoms with Crippen molar-refractivity contribution in [2.45, 2.75) is 82.6 Å². The van der Waals surface area contributed by atoms with E-state index in [-0.39, 0.29) is 35.3 Å². The van der Waals surface area contributed by atoms with E-state index in [1.165, 1.54) is 11.8 Å². The number of hydrogen-bond acceptors (Lipinski definition) is 7. The van der Waals surface area contributed by atoms with Crippen LogP contribution in [0.3, 0.4) is 0 Å². The van der Waals surface area contributed by atoms with E-state index in [1.807, 2.05) is 33.1 Å². The number of aromatic nitrogens is 1. The number of nitrogens with one attached hydrogen (secondary N) is 3. The molecule has 4 aliphatic rings. The molecule has 1 unspecified atom stereocenters. The summed E-state index contributed by atoms with van der Waals surface area (Å²) in [6, 6.07) is 4.04. The van der Waals surface area contributed by atoms with Crippen molar-refractivity contribution in [1.29, 1.82) is 0 Å². The lowest BCUT2D eigenvalue weighted by atomic mass is 9.80. The number of hydrogen-bond donors (Lipinski definition) is 3. The second kappa shape index (κ2) is 11.1. The zero-order valence-corrected chi connectivity index (χ0v) is 26.2. The van der Waals surface area contributed by atoms with Gasteiger partial charge in [-0.15, -0.1) is 11.8 Å². The predicted octanol–water partition coefficient (Wildman–Crippen LogP) is 4.56. The molecule has 42 heavy (non-hydrogen) atoms. The summed E-state index contributed by atoms with van der Waals surface area (Å²) in [5, 5.41) is 6.25. The number of carbonyl (C=O) groups is 2. The summed E-state index contributed by atoms with van der Waals surface area (Å²) in [5.74, 6) is 0.158. The van der Waals surface area contributed by atoms with Gasteiger partial charge in [-0.3, -0.25) is 19.3 Å². The Morgan fingerprint density at radius 1 is 1.17 bits per heavy atom. The van der Waals surface area contributed by atoms with E-state index in [0.717, 1.165) is 62.3 Å². The summed E-state index contributed by atoms with van der Waals surface area (Å²) >= 11 is 8.14. The van der Waals surface area contributed by atoms with Gasteiger partial charge < -0.3 is 25.1 Å². The molecule has 1 spiro atoms. The molecule has 0 bridgehead atoms. The lowest BCUT2D eigenvalue weighted by molar-refractivity contribution is -0.124. The summed E-state index contributed by atoms with van der Waals surface area (Å²) in [4.78, 5) is 43.9. The van der Waals surface area contributed by atoms with Gasteiger partial charge in [0.1, 0.15) is 0 Å². The van der Waals surface area contributed by atoms with Gasteiger partial charge in [-0.2, -0.15) is 0 Å². The van der Waals surface area contributed by atoms with E-state index < -0.39 is 5.79 Å². The standard InChI is InChI=1S/C31H39ClN4O5S/c1-17-11-24(42-4)22(29(39)35-17)14-33-28(38)21-12-23(32)27-26(18(21)2)40-30(3,41-27)19-5-7-20(8-6-19)36-10-9-31(16-36)13-25(37)34-15-31/h11-12,19-20H,5-10,13-16H2,1-4H3,(H,33,38)(H,34,37)(H,35,39)/t19-,20-,30-,31?/m1/s1. The molecule has 226 valence electrons. The molecule has 2 amide bonds. The van der Waals surface area contributed by atoms with Crippen LogP contribution in [0.2, 0.25) is 5.02 Å². The third kappa shape index (κ3) is 5.30. The Morgan fingerprint density at radius 3 is 2.60 bits per heavy atom. The van der Waals surface area contributed by atoms with Gasteiger partial charge in [-0.25, -0.2) is 0 Å². The molecule has 1 aromatic carbocycles. The van der Waals surface area contributed by atoms with Gasteiger partial charge in [-0.05, 0) is 70.9 Å². The number of aromatic amines is 1. The second-order valence-corrected chi connectivity index (χ2v) is 13.9. The van der Waals surface area contributed by atoms with Crippen molar-refractivity contribution in [1.82, 2.24) is 20.5 Å². The van der Waals surface area contributed by atoms with Crippen molar-refractivity contribution >= 4 is 35.2 Å². The van der Waals surface area contributed by atoms with Gasteiger partial charge in [-0.1, -0.05) is 11.6 Å². The number of benzene rings is 1. The smallest absolute Gasteiger partial charge is 0.254 e. The van der Waals surface area contributed by atoms with Crippen molar-refractivity contribution in [3.63, 3.8) is 0 Å². The lowest BCUT2D eigenvalue weighted by Gasteiger charge is -2.40. The van der Waals surface area contributed by atoms with Gasteiger partial charge in [0.25, 0.3) is 17.3 Å². The third-order valence-electron chi connectivity index (χ3n) is 9.79. The molecule has 2 atom stereocenters. The summed E-state index contributed by atoms with van der Waals surface area (Å²) in [7, 11) is 0. The normalized spacial score (nSPS) is 28.8. The average molecular weight is 615 g/mol. The molecule has 6 rings (SSSR count). The molecule has 3 N–H and O–H groups in total. The number of halogens is 1. The first-order valence-electron chi connectivity index (χ1n) is 14.8. The number of pyridine rings is 1. The Bertz CT molecular complexity index is 1490. The monoisotopic (exact) mass is 614 g/mol. The minimum Gasteiger partial charge on any atom is -0.448 e. The fourth-order valence-corrected chi connectivity index (χ4v) is 8.27. The topological polar surface area (TPSA) is 113 Å². The predicted molar refractivity (Wildman–Crippen MR) is 163 cm³/mol. The van der Waals surface area contributed by atoms with Crippen LogP contribution in [0.15, 0.2) is 21.8 Å². The van der Waals surface area contributed by atoms with Crippen LogP contribution in [0.1, 0.15) is 72.6 Å². The first-order valence-corrected chi connectivity index (χ1v) is 16.4. The van der Waals surface area contributed by atoms with E-state index >= 15 is 0 Å². The zero-order chi connectivity index (χ0) is 29.8. The third-order valence-corrected chi connectivity index (χ3v) is 10.9. The van der Waals surface area contributed by atoms with Crippen LogP contribution in [0, 0.1) is 25.2 Å². The molecule has 11 heteroatoms. The number of rotatable bonds is 6. The second-order valence-electron chi connectivity index (χ2n) is 12.6. The van der Waals surface area contributed by atoms with Crippen LogP contribution in [0.25, 0.3) is 0 Å². The Balaban J connectivity index is 1.11. The molecule has 3 fully saturated rings. The lowest BCUT2D eigenvalue weighted by Crippen LogP contribution is -2.47. The maximum Gasteiger partial charge on any atom is 0.254 e. The maximum absolute atomic E-state index is 13.3. The molecule has 2 saturated heterocycles. The minimum atomic E-state index is -0.868. The van der Waals surface area contributed by atoms with E-state index in [4.69, 9.17) is 21.1 Å². The van der Waals surface area contributed by atoms with Crippen LogP contribution in [-0.2, 0) is 11.3 Å². The van der Waals surface area contributed by atoms with E-state index in [2.05, 4.69) is 20.5 Å². The molecular formula is C31H39ClN4O5S.